The first-order valence-electron chi connectivity index (χ1n) is 8.99. The molecule has 0 saturated carbocycles. The van der Waals surface area contributed by atoms with Crippen molar-refractivity contribution in [2.75, 3.05) is 18.4 Å². The van der Waals surface area contributed by atoms with Crippen LogP contribution in [0.3, 0.4) is 0 Å². The fourth-order valence-electron chi connectivity index (χ4n) is 3.23. The van der Waals surface area contributed by atoms with Crippen LogP contribution in [-0.2, 0) is 0 Å². The first kappa shape index (κ1) is 18.5. The summed E-state index contributed by atoms with van der Waals surface area (Å²) in [6, 6.07) is 25.1. The van der Waals surface area contributed by atoms with E-state index in [1.165, 1.54) is 27.9 Å². The van der Waals surface area contributed by atoms with E-state index in [0.29, 0.717) is 0 Å². The molecule has 0 aliphatic heterocycles. The number of aryl methyl sites for hydroxylation is 2. The highest BCUT2D eigenvalue weighted by molar-refractivity contribution is 6.30. The Labute approximate surface area is 161 Å². The number of hydrogen-bond acceptors (Lipinski definition) is 2. The van der Waals surface area contributed by atoms with Gasteiger partial charge in [0.15, 0.2) is 0 Å². The van der Waals surface area contributed by atoms with Gasteiger partial charge in [-0.1, -0.05) is 72.3 Å². The Balaban J connectivity index is 1.68. The molecule has 0 spiro atoms. The third-order valence-corrected chi connectivity index (χ3v) is 4.84. The molecule has 134 valence electrons. The minimum Gasteiger partial charge on any atom is -0.383 e. The SMILES string of the molecule is Cc1cccc(C)c1NCCNC(c1ccccc1)c1ccc(Cl)cc1. The van der Waals surface area contributed by atoms with E-state index >= 15 is 0 Å². The summed E-state index contributed by atoms with van der Waals surface area (Å²) in [6.45, 7) is 6.01. The van der Waals surface area contributed by atoms with Gasteiger partial charge in [-0.3, -0.25) is 0 Å². The topological polar surface area (TPSA) is 24.1 Å². The standard InChI is InChI=1S/C23H25ClN2/c1-17-7-6-8-18(2)22(17)25-15-16-26-23(19-9-4-3-5-10-19)20-11-13-21(24)14-12-20/h3-14,23,25-26H,15-16H2,1-2H3. The molecule has 0 amide bonds. The molecule has 0 saturated heterocycles. The van der Waals surface area contributed by atoms with Crippen LogP contribution in [0.5, 0.6) is 0 Å². The van der Waals surface area contributed by atoms with Crippen molar-refractivity contribution >= 4 is 17.3 Å². The predicted molar refractivity (Wildman–Crippen MR) is 112 cm³/mol. The van der Waals surface area contributed by atoms with Crippen LogP contribution in [-0.4, -0.2) is 13.1 Å². The number of hydrogen-bond donors (Lipinski definition) is 2. The molecule has 3 rings (SSSR count). The average Bonchev–Trinajstić information content (AvgIpc) is 2.65. The van der Waals surface area contributed by atoms with Crippen LogP contribution in [0.4, 0.5) is 5.69 Å². The fraction of sp³-hybridized carbons (Fsp3) is 0.217. The number of halogens is 1. The van der Waals surface area contributed by atoms with Gasteiger partial charge in [-0.25, -0.2) is 0 Å². The summed E-state index contributed by atoms with van der Waals surface area (Å²) in [5, 5.41) is 8.00. The quantitative estimate of drug-likeness (QED) is 0.522. The van der Waals surface area contributed by atoms with Gasteiger partial charge in [0.25, 0.3) is 0 Å². The van der Waals surface area contributed by atoms with Crippen LogP contribution >= 0.6 is 11.6 Å². The van der Waals surface area contributed by atoms with Crippen molar-refractivity contribution in [3.05, 3.63) is 100 Å². The summed E-state index contributed by atoms with van der Waals surface area (Å²) in [7, 11) is 0. The Morgan fingerprint density at radius 3 is 2.00 bits per heavy atom. The zero-order chi connectivity index (χ0) is 18.4. The average molecular weight is 365 g/mol. The van der Waals surface area contributed by atoms with E-state index < -0.39 is 0 Å². The smallest absolute Gasteiger partial charge is 0.0577 e. The summed E-state index contributed by atoms with van der Waals surface area (Å²) in [6.07, 6.45) is 0. The number of anilines is 1. The molecule has 2 N–H and O–H groups in total. The van der Waals surface area contributed by atoms with Gasteiger partial charge in [-0.15, -0.1) is 0 Å². The zero-order valence-corrected chi connectivity index (χ0v) is 16.1. The van der Waals surface area contributed by atoms with Crippen molar-refractivity contribution in [3.8, 4) is 0 Å². The van der Waals surface area contributed by atoms with E-state index in [1.807, 2.05) is 18.2 Å². The van der Waals surface area contributed by atoms with Crippen molar-refractivity contribution in [2.24, 2.45) is 0 Å². The Morgan fingerprint density at radius 2 is 1.35 bits per heavy atom. The van der Waals surface area contributed by atoms with Gasteiger partial charge in [0, 0.05) is 23.8 Å². The number of rotatable bonds is 7. The molecule has 0 heterocycles. The molecule has 3 aromatic rings. The molecule has 3 heteroatoms. The molecule has 3 aromatic carbocycles. The molecule has 0 aliphatic carbocycles. The molecular weight excluding hydrogens is 340 g/mol. The third kappa shape index (κ3) is 4.66. The lowest BCUT2D eigenvalue weighted by molar-refractivity contribution is 0.619. The molecule has 1 unspecified atom stereocenters. The summed E-state index contributed by atoms with van der Waals surface area (Å²) in [5.41, 5.74) is 6.26. The lowest BCUT2D eigenvalue weighted by Gasteiger charge is -2.21. The Bertz CT molecular complexity index is 808. The van der Waals surface area contributed by atoms with Crippen molar-refractivity contribution in [1.82, 2.24) is 5.32 Å². The van der Waals surface area contributed by atoms with E-state index in [2.05, 4.69) is 79.1 Å². The number of para-hydroxylation sites is 1. The molecule has 0 aliphatic rings. The highest BCUT2D eigenvalue weighted by atomic mass is 35.5. The monoisotopic (exact) mass is 364 g/mol. The van der Waals surface area contributed by atoms with Crippen LogP contribution in [0, 0.1) is 13.8 Å². The van der Waals surface area contributed by atoms with Crippen molar-refractivity contribution in [1.29, 1.82) is 0 Å². The maximum Gasteiger partial charge on any atom is 0.0577 e. The Morgan fingerprint density at radius 1 is 0.731 bits per heavy atom. The Hall–Kier alpha value is -2.29. The van der Waals surface area contributed by atoms with Crippen LogP contribution in [0.1, 0.15) is 28.3 Å². The summed E-state index contributed by atoms with van der Waals surface area (Å²) in [5.74, 6) is 0. The molecule has 0 aromatic heterocycles. The van der Waals surface area contributed by atoms with E-state index in [0.717, 1.165) is 18.1 Å². The first-order chi connectivity index (χ1) is 12.6. The van der Waals surface area contributed by atoms with Crippen LogP contribution < -0.4 is 10.6 Å². The minimum absolute atomic E-state index is 0.147. The fourth-order valence-corrected chi connectivity index (χ4v) is 3.35. The van der Waals surface area contributed by atoms with Crippen molar-refractivity contribution < 1.29 is 0 Å². The molecule has 26 heavy (non-hydrogen) atoms. The third-order valence-electron chi connectivity index (χ3n) is 4.59. The van der Waals surface area contributed by atoms with Gasteiger partial charge in [0.1, 0.15) is 0 Å². The highest BCUT2D eigenvalue weighted by Crippen LogP contribution is 2.23. The van der Waals surface area contributed by atoms with E-state index in [4.69, 9.17) is 11.6 Å². The Kier molecular flexibility index (Phi) is 6.32. The normalized spacial score (nSPS) is 12.0. The minimum atomic E-state index is 0.147. The van der Waals surface area contributed by atoms with Gasteiger partial charge < -0.3 is 10.6 Å². The second kappa shape index (κ2) is 8.88. The largest absolute Gasteiger partial charge is 0.383 e. The zero-order valence-electron chi connectivity index (χ0n) is 15.3. The van der Waals surface area contributed by atoms with Gasteiger partial charge in [0.05, 0.1) is 6.04 Å². The molecular formula is C23H25ClN2. The van der Waals surface area contributed by atoms with Crippen molar-refractivity contribution in [2.45, 2.75) is 19.9 Å². The molecule has 2 nitrogen and oxygen atoms in total. The van der Waals surface area contributed by atoms with E-state index in [1.54, 1.807) is 0 Å². The van der Waals surface area contributed by atoms with Crippen LogP contribution in [0.2, 0.25) is 5.02 Å². The predicted octanol–water partition coefficient (Wildman–Crippen LogP) is 5.75. The molecule has 0 fully saturated rings. The maximum atomic E-state index is 6.06. The van der Waals surface area contributed by atoms with Gasteiger partial charge in [0.2, 0.25) is 0 Å². The van der Waals surface area contributed by atoms with Gasteiger partial charge in [-0.05, 0) is 48.2 Å². The maximum absolute atomic E-state index is 6.06. The second-order valence-electron chi connectivity index (χ2n) is 6.54. The van der Waals surface area contributed by atoms with Gasteiger partial charge in [-0.2, -0.15) is 0 Å². The number of nitrogens with one attached hydrogen (secondary N) is 2. The van der Waals surface area contributed by atoms with Gasteiger partial charge >= 0.3 is 0 Å². The number of benzene rings is 3. The molecule has 0 radical (unpaired) electrons. The second-order valence-corrected chi connectivity index (χ2v) is 6.98. The summed E-state index contributed by atoms with van der Waals surface area (Å²) < 4.78 is 0. The first-order valence-corrected chi connectivity index (χ1v) is 9.37. The van der Waals surface area contributed by atoms with Crippen LogP contribution in [0.25, 0.3) is 0 Å². The lowest BCUT2D eigenvalue weighted by Crippen LogP contribution is -2.28. The summed E-state index contributed by atoms with van der Waals surface area (Å²) >= 11 is 6.06. The molecule has 1 atom stereocenters. The van der Waals surface area contributed by atoms with E-state index in [9.17, 15) is 0 Å². The van der Waals surface area contributed by atoms with Crippen molar-refractivity contribution in [3.63, 3.8) is 0 Å². The molecule has 0 bridgehead atoms. The highest BCUT2D eigenvalue weighted by Gasteiger charge is 2.13. The lowest BCUT2D eigenvalue weighted by atomic mass is 9.99. The summed E-state index contributed by atoms with van der Waals surface area (Å²) in [4.78, 5) is 0. The van der Waals surface area contributed by atoms with Crippen LogP contribution in [0.15, 0.2) is 72.8 Å². The van der Waals surface area contributed by atoms with E-state index in [-0.39, 0.29) is 6.04 Å².